The number of aromatic nitrogens is 2. The number of imide groups is 1. The van der Waals surface area contributed by atoms with Gasteiger partial charge in [-0.05, 0) is 36.2 Å². The molecule has 4 aromatic rings. The SMILES string of the molecule is COCCCn1c(C(C(=O)Nc2ccccc2OC)N2C(=O)CN(Cc3ccccc3)C2=O)nc2c(Cl)cc(Cl)cc2c1=O. The van der Waals surface area contributed by atoms with Crippen molar-refractivity contribution in [3.05, 3.63) is 98.5 Å². The monoisotopic (exact) mass is 637 g/mol. The number of fused-ring (bicyclic) bond motifs is 1. The molecule has 1 aromatic heterocycles. The second-order valence-electron chi connectivity index (χ2n) is 10.0. The summed E-state index contributed by atoms with van der Waals surface area (Å²) in [6.45, 7) is 0.227. The van der Waals surface area contributed by atoms with Crippen LogP contribution in [-0.4, -0.2) is 64.6 Å². The Balaban J connectivity index is 1.67. The molecule has 1 N–H and O–H groups in total. The summed E-state index contributed by atoms with van der Waals surface area (Å²) in [7, 11) is 2.97. The molecule has 0 saturated carbocycles. The minimum absolute atomic E-state index is 0.0669. The number of ether oxygens (including phenoxy) is 2. The van der Waals surface area contributed by atoms with Crippen molar-refractivity contribution in [1.82, 2.24) is 19.4 Å². The predicted octanol–water partition coefficient (Wildman–Crippen LogP) is 4.89. The third-order valence-corrected chi connectivity index (χ3v) is 7.65. The molecule has 1 aliphatic rings. The number of halogens is 2. The highest BCUT2D eigenvalue weighted by molar-refractivity contribution is 6.38. The van der Waals surface area contributed by atoms with Gasteiger partial charge in [0, 0.05) is 31.8 Å². The summed E-state index contributed by atoms with van der Waals surface area (Å²) in [6.07, 6.45) is 0.369. The molecule has 1 atom stereocenters. The van der Waals surface area contributed by atoms with E-state index in [1.165, 1.54) is 35.8 Å². The van der Waals surface area contributed by atoms with E-state index in [9.17, 15) is 19.2 Å². The largest absolute Gasteiger partial charge is 0.495 e. The van der Waals surface area contributed by atoms with Gasteiger partial charge in [-0.15, -0.1) is 0 Å². The van der Waals surface area contributed by atoms with E-state index in [-0.39, 0.29) is 46.4 Å². The number of hydrogen-bond donors (Lipinski definition) is 1. The molecule has 11 nitrogen and oxygen atoms in total. The van der Waals surface area contributed by atoms with Crippen LogP contribution in [0.25, 0.3) is 10.9 Å². The van der Waals surface area contributed by atoms with Crippen molar-refractivity contribution in [2.75, 3.05) is 32.7 Å². The van der Waals surface area contributed by atoms with Crippen LogP contribution in [-0.2, 0) is 27.4 Å². The Bertz CT molecular complexity index is 1780. The molecule has 2 heterocycles. The standard InChI is InChI=1S/C31H29Cl2N5O6/c1-43-14-8-13-37-28(35-26-21(30(37)41)15-20(32)16-22(26)33)27(29(40)34-23-11-6-7-12-24(23)44-2)38-25(39)18-36(31(38)42)17-19-9-4-3-5-10-19/h3-7,9-12,15-16,27H,8,13-14,17-18H2,1-2H3,(H,34,40). The summed E-state index contributed by atoms with van der Waals surface area (Å²) in [6, 6.07) is 16.4. The number of para-hydroxylation sites is 2. The first kappa shape index (κ1) is 31.0. The van der Waals surface area contributed by atoms with Crippen LogP contribution in [0.3, 0.4) is 0 Å². The minimum atomic E-state index is -1.65. The van der Waals surface area contributed by atoms with Crippen molar-refractivity contribution in [1.29, 1.82) is 0 Å². The molecule has 0 aliphatic carbocycles. The molecule has 1 unspecified atom stereocenters. The Morgan fingerprint density at radius 2 is 1.75 bits per heavy atom. The molecule has 0 bridgehead atoms. The maximum Gasteiger partial charge on any atom is 0.328 e. The van der Waals surface area contributed by atoms with Crippen molar-refractivity contribution >= 4 is 57.6 Å². The molecule has 228 valence electrons. The van der Waals surface area contributed by atoms with Crippen LogP contribution in [0.5, 0.6) is 5.75 Å². The van der Waals surface area contributed by atoms with Crippen molar-refractivity contribution in [2.45, 2.75) is 25.6 Å². The van der Waals surface area contributed by atoms with E-state index in [2.05, 4.69) is 10.3 Å². The average molecular weight is 639 g/mol. The Morgan fingerprint density at radius 1 is 1.02 bits per heavy atom. The second kappa shape index (κ2) is 13.5. The highest BCUT2D eigenvalue weighted by Crippen LogP contribution is 2.32. The number of amides is 4. The molecule has 1 aliphatic heterocycles. The van der Waals surface area contributed by atoms with Gasteiger partial charge in [0.15, 0.2) is 6.04 Å². The van der Waals surface area contributed by atoms with Crippen LogP contribution in [0.1, 0.15) is 23.9 Å². The molecule has 0 radical (unpaired) electrons. The Kier molecular flexibility index (Phi) is 9.48. The molecular weight excluding hydrogens is 609 g/mol. The van der Waals surface area contributed by atoms with Gasteiger partial charge in [-0.1, -0.05) is 65.7 Å². The number of hydrogen-bond acceptors (Lipinski definition) is 7. The van der Waals surface area contributed by atoms with E-state index in [4.69, 9.17) is 32.7 Å². The third kappa shape index (κ3) is 6.26. The topological polar surface area (TPSA) is 123 Å². The number of urea groups is 1. The van der Waals surface area contributed by atoms with Gasteiger partial charge in [0.2, 0.25) is 0 Å². The van der Waals surface area contributed by atoms with Crippen molar-refractivity contribution in [2.24, 2.45) is 0 Å². The lowest BCUT2D eigenvalue weighted by atomic mass is 10.1. The number of benzene rings is 3. The van der Waals surface area contributed by atoms with Crippen molar-refractivity contribution in [3.63, 3.8) is 0 Å². The fraction of sp³-hybridized carbons (Fsp3) is 0.258. The highest BCUT2D eigenvalue weighted by atomic mass is 35.5. The molecule has 4 amide bonds. The van der Waals surface area contributed by atoms with Crippen LogP contribution in [0.15, 0.2) is 71.5 Å². The molecule has 13 heteroatoms. The van der Waals surface area contributed by atoms with Gasteiger partial charge >= 0.3 is 6.03 Å². The van der Waals surface area contributed by atoms with Crippen LogP contribution < -0.4 is 15.6 Å². The molecule has 1 fully saturated rings. The minimum Gasteiger partial charge on any atom is -0.495 e. The van der Waals surface area contributed by atoms with Gasteiger partial charge in [-0.2, -0.15) is 0 Å². The third-order valence-electron chi connectivity index (χ3n) is 7.14. The number of rotatable bonds is 11. The number of methoxy groups -OCH3 is 2. The van der Waals surface area contributed by atoms with E-state index < -0.39 is 29.4 Å². The number of anilines is 1. The zero-order valence-corrected chi connectivity index (χ0v) is 25.5. The van der Waals surface area contributed by atoms with Crippen LogP contribution >= 0.6 is 23.2 Å². The molecule has 44 heavy (non-hydrogen) atoms. The van der Waals surface area contributed by atoms with E-state index in [0.29, 0.717) is 24.5 Å². The van der Waals surface area contributed by atoms with E-state index in [1.807, 2.05) is 30.3 Å². The summed E-state index contributed by atoms with van der Waals surface area (Å²) in [5, 5.41) is 3.19. The van der Waals surface area contributed by atoms with Gasteiger partial charge in [0.1, 0.15) is 18.1 Å². The van der Waals surface area contributed by atoms with Crippen molar-refractivity contribution in [3.8, 4) is 5.75 Å². The van der Waals surface area contributed by atoms with Crippen LogP contribution in [0, 0.1) is 0 Å². The first-order valence-electron chi connectivity index (χ1n) is 13.7. The van der Waals surface area contributed by atoms with Crippen molar-refractivity contribution < 1.29 is 23.9 Å². The van der Waals surface area contributed by atoms with Gasteiger partial charge in [-0.3, -0.25) is 19.0 Å². The number of nitrogens with zero attached hydrogens (tertiary/aromatic N) is 4. The fourth-order valence-corrected chi connectivity index (χ4v) is 5.64. The smallest absolute Gasteiger partial charge is 0.328 e. The lowest BCUT2D eigenvalue weighted by Gasteiger charge is -2.28. The molecular formula is C31H29Cl2N5O6. The maximum atomic E-state index is 14.2. The summed E-state index contributed by atoms with van der Waals surface area (Å²) >= 11 is 12.7. The lowest BCUT2D eigenvalue weighted by Crippen LogP contribution is -2.45. The van der Waals surface area contributed by atoms with E-state index >= 15 is 0 Å². The van der Waals surface area contributed by atoms with Gasteiger partial charge in [0.05, 0.1) is 28.7 Å². The first-order valence-corrected chi connectivity index (χ1v) is 14.5. The summed E-state index contributed by atoms with van der Waals surface area (Å²) in [4.78, 5) is 62.5. The van der Waals surface area contributed by atoms with Gasteiger partial charge in [0.25, 0.3) is 17.4 Å². The molecule has 3 aromatic carbocycles. The molecule has 1 saturated heterocycles. The fourth-order valence-electron chi connectivity index (χ4n) is 5.11. The highest BCUT2D eigenvalue weighted by Gasteiger charge is 2.46. The predicted molar refractivity (Wildman–Crippen MR) is 166 cm³/mol. The van der Waals surface area contributed by atoms with Gasteiger partial charge in [-0.25, -0.2) is 14.7 Å². The average Bonchev–Trinajstić information content (AvgIpc) is 3.27. The van der Waals surface area contributed by atoms with Gasteiger partial charge < -0.3 is 19.7 Å². The van der Waals surface area contributed by atoms with E-state index in [1.54, 1.807) is 24.3 Å². The lowest BCUT2D eigenvalue weighted by molar-refractivity contribution is -0.133. The normalized spacial score (nSPS) is 13.9. The number of nitrogens with one attached hydrogen (secondary N) is 1. The van der Waals surface area contributed by atoms with E-state index in [0.717, 1.165) is 10.5 Å². The molecule has 0 spiro atoms. The quantitative estimate of drug-likeness (QED) is 0.183. The summed E-state index contributed by atoms with van der Waals surface area (Å²) in [5.41, 5.74) is 0.633. The maximum absolute atomic E-state index is 14.2. The zero-order valence-electron chi connectivity index (χ0n) is 24.0. The second-order valence-corrected chi connectivity index (χ2v) is 10.9. The zero-order chi connectivity index (χ0) is 31.4. The Hall–Kier alpha value is -4.45. The molecule has 5 rings (SSSR count). The number of carbonyl (C=O) groups is 3. The first-order chi connectivity index (χ1) is 21.2. The summed E-state index contributed by atoms with van der Waals surface area (Å²) < 4.78 is 11.8. The van der Waals surface area contributed by atoms with Crippen LogP contribution in [0.4, 0.5) is 10.5 Å². The Morgan fingerprint density at radius 3 is 2.48 bits per heavy atom. The number of carbonyl (C=O) groups excluding carboxylic acids is 3. The Labute approximate surface area is 262 Å². The van der Waals surface area contributed by atoms with Crippen LogP contribution in [0.2, 0.25) is 10.0 Å². The summed E-state index contributed by atoms with van der Waals surface area (Å²) in [5.74, 6) is -1.20.